The summed E-state index contributed by atoms with van der Waals surface area (Å²) in [5, 5.41) is 8.92. The molecule has 1 saturated heterocycles. The molecule has 0 N–H and O–H groups in total. The van der Waals surface area contributed by atoms with Crippen LogP contribution in [0.2, 0.25) is 0 Å². The number of hydrogen-bond acceptors (Lipinski definition) is 4. The average molecular weight is 258 g/mol. The minimum absolute atomic E-state index is 0.00512. The van der Waals surface area contributed by atoms with E-state index in [2.05, 4.69) is 0 Å². The van der Waals surface area contributed by atoms with Crippen molar-refractivity contribution in [3.63, 3.8) is 0 Å². The number of amides is 1. The van der Waals surface area contributed by atoms with Gasteiger partial charge in [-0.1, -0.05) is 18.2 Å². The molecule has 3 rings (SSSR count). The van der Waals surface area contributed by atoms with Gasteiger partial charge < -0.3 is 9.47 Å². The second-order valence-corrected chi connectivity index (χ2v) is 4.69. The molecular weight excluding hydrogens is 244 g/mol. The third kappa shape index (κ3) is 1.57. The Morgan fingerprint density at radius 3 is 2.84 bits per heavy atom. The van der Waals surface area contributed by atoms with Crippen molar-refractivity contribution < 1.29 is 14.3 Å². The van der Waals surface area contributed by atoms with E-state index in [-0.39, 0.29) is 12.5 Å². The molecule has 0 unspecified atom stereocenters. The number of ether oxygens (including phenoxy) is 2. The van der Waals surface area contributed by atoms with Crippen LogP contribution in [-0.2, 0) is 20.1 Å². The third-order valence-electron chi connectivity index (χ3n) is 3.52. The lowest BCUT2D eigenvalue weighted by Crippen LogP contribution is -2.47. The Bertz CT molecular complexity index is 571. The molecule has 1 amide bonds. The monoisotopic (exact) mass is 258 g/mol. The van der Waals surface area contributed by atoms with Crippen molar-refractivity contribution in [1.29, 1.82) is 5.26 Å². The highest BCUT2D eigenvalue weighted by Gasteiger charge is 2.55. The van der Waals surface area contributed by atoms with Crippen molar-refractivity contribution in [2.75, 3.05) is 24.7 Å². The summed E-state index contributed by atoms with van der Waals surface area (Å²) in [5.41, 5.74) is 2.40. The van der Waals surface area contributed by atoms with Crippen molar-refractivity contribution in [3.05, 3.63) is 29.3 Å². The molecule has 1 spiro atoms. The molecule has 98 valence electrons. The van der Waals surface area contributed by atoms with Gasteiger partial charge in [-0.25, -0.2) is 0 Å². The van der Waals surface area contributed by atoms with Crippen LogP contribution >= 0.6 is 0 Å². The van der Waals surface area contributed by atoms with Crippen LogP contribution in [-0.4, -0.2) is 25.7 Å². The van der Waals surface area contributed by atoms with E-state index in [1.807, 2.05) is 31.2 Å². The Morgan fingerprint density at radius 2 is 2.16 bits per heavy atom. The highest BCUT2D eigenvalue weighted by molar-refractivity contribution is 6.07. The second kappa shape index (κ2) is 4.34. The number of nitrogens with zero attached hydrogens (tertiary/aromatic N) is 2. The summed E-state index contributed by atoms with van der Waals surface area (Å²) in [6.45, 7) is 2.89. The third-order valence-corrected chi connectivity index (χ3v) is 3.52. The number of para-hydroxylation sites is 1. The summed E-state index contributed by atoms with van der Waals surface area (Å²) in [5.74, 6) is -1.63. The van der Waals surface area contributed by atoms with E-state index in [0.29, 0.717) is 18.8 Å². The summed E-state index contributed by atoms with van der Waals surface area (Å²) in [6, 6.07) is 7.65. The molecule has 2 heterocycles. The lowest BCUT2D eigenvalue weighted by molar-refractivity contribution is -0.256. The van der Waals surface area contributed by atoms with Gasteiger partial charge in [0, 0.05) is 5.56 Å². The van der Waals surface area contributed by atoms with E-state index in [0.717, 1.165) is 17.7 Å². The summed E-state index contributed by atoms with van der Waals surface area (Å²) < 4.78 is 11.3. The zero-order valence-corrected chi connectivity index (χ0v) is 10.7. The minimum Gasteiger partial charge on any atom is -0.338 e. The van der Waals surface area contributed by atoms with E-state index < -0.39 is 5.79 Å². The largest absolute Gasteiger partial charge is 0.338 e. The SMILES string of the molecule is Cc1cccc2c1N(CC#N)C(=O)C21OCCCO1. The number of fused-ring (bicyclic) bond motifs is 2. The fourth-order valence-electron chi connectivity index (χ4n) is 2.71. The molecule has 0 aliphatic carbocycles. The van der Waals surface area contributed by atoms with Crippen molar-refractivity contribution in [2.24, 2.45) is 0 Å². The molecule has 1 fully saturated rings. The topological polar surface area (TPSA) is 62.6 Å². The van der Waals surface area contributed by atoms with Crippen LogP contribution in [0.15, 0.2) is 18.2 Å². The van der Waals surface area contributed by atoms with Crippen molar-refractivity contribution in [3.8, 4) is 6.07 Å². The number of nitriles is 1. The molecule has 2 aliphatic rings. The Labute approximate surface area is 111 Å². The lowest BCUT2D eigenvalue weighted by atomic mass is 10.0. The number of rotatable bonds is 1. The first-order chi connectivity index (χ1) is 9.20. The molecule has 0 radical (unpaired) electrons. The standard InChI is InChI=1S/C14H14N2O3/c1-10-4-2-5-11-12(10)16(7-6-15)13(17)14(11)18-8-3-9-19-14/h2,4-5H,3,7-9H2,1H3. The van der Waals surface area contributed by atoms with Gasteiger partial charge in [-0.15, -0.1) is 0 Å². The van der Waals surface area contributed by atoms with E-state index in [1.54, 1.807) is 0 Å². The maximum atomic E-state index is 12.6. The molecule has 0 atom stereocenters. The van der Waals surface area contributed by atoms with E-state index in [9.17, 15) is 4.79 Å². The Morgan fingerprint density at radius 1 is 1.42 bits per heavy atom. The van der Waals surface area contributed by atoms with E-state index in [1.165, 1.54) is 4.90 Å². The van der Waals surface area contributed by atoms with E-state index >= 15 is 0 Å². The molecule has 1 aromatic rings. The van der Waals surface area contributed by atoms with E-state index in [4.69, 9.17) is 14.7 Å². The van der Waals surface area contributed by atoms with Crippen molar-refractivity contribution in [2.45, 2.75) is 19.1 Å². The smallest absolute Gasteiger partial charge is 0.293 e. The van der Waals surface area contributed by atoms with Gasteiger partial charge in [-0.3, -0.25) is 9.69 Å². The first-order valence-electron chi connectivity index (χ1n) is 6.27. The van der Waals surface area contributed by atoms with Gasteiger partial charge in [-0.05, 0) is 18.9 Å². The summed E-state index contributed by atoms with van der Waals surface area (Å²) in [6.07, 6.45) is 0.772. The molecule has 0 saturated carbocycles. The molecule has 0 aromatic heterocycles. The van der Waals surface area contributed by atoms with Crippen molar-refractivity contribution >= 4 is 11.6 Å². The van der Waals surface area contributed by atoms with Gasteiger partial charge in [0.15, 0.2) is 0 Å². The molecule has 5 nitrogen and oxygen atoms in total. The predicted molar refractivity (Wildman–Crippen MR) is 67.3 cm³/mol. The molecule has 1 aromatic carbocycles. The summed E-state index contributed by atoms with van der Waals surface area (Å²) in [7, 11) is 0. The van der Waals surface area contributed by atoms with Crippen LogP contribution in [0, 0.1) is 18.3 Å². The van der Waals surface area contributed by atoms with Crippen LogP contribution in [0.1, 0.15) is 17.5 Å². The first-order valence-corrected chi connectivity index (χ1v) is 6.27. The molecule has 5 heteroatoms. The van der Waals surface area contributed by atoms with Crippen LogP contribution in [0.4, 0.5) is 5.69 Å². The number of hydrogen-bond donors (Lipinski definition) is 0. The summed E-state index contributed by atoms with van der Waals surface area (Å²) in [4.78, 5) is 14.1. The molecule has 0 bridgehead atoms. The van der Waals surface area contributed by atoms with Crippen LogP contribution < -0.4 is 4.90 Å². The van der Waals surface area contributed by atoms with Gasteiger partial charge in [0.2, 0.25) is 0 Å². The van der Waals surface area contributed by atoms with Crippen molar-refractivity contribution in [1.82, 2.24) is 0 Å². The van der Waals surface area contributed by atoms with Gasteiger partial charge in [0.25, 0.3) is 11.7 Å². The van der Waals surface area contributed by atoms with Gasteiger partial charge >= 0.3 is 0 Å². The average Bonchev–Trinajstić information content (AvgIpc) is 2.65. The van der Waals surface area contributed by atoms with Crippen LogP contribution in [0.5, 0.6) is 0 Å². The minimum atomic E-state index is -1.34. The zero-order chi connectivity index (χ0) is 13.5. The normalized spacial score (nSPS) is 20.4. The van der Waals surface area contributed by atoms with Crippen LogP contribution in [0.3, 0.4) is 0 Å². The number of anilines is 1. The maximum absolute atomic E-state index is 12.6. The Balaban J connectivity index is 2.18. The highest BCUT2D eigenvalue weighted by atomic mass is 16.7. The molecule has 2 aliphatic heterocycles. The zero-order valence-electron chi connectivity index (χ0n) is 10.7. The number of aryl methyl sites for hydroxylation is 1. The first kappa shape index (κ1) is 12.2. The molecule has 19 heavy (non-hydrogen) atoms. The Kier molecular flexibility index (Phi) is 2.77. The quantitative estimate of drug-likeness (QED) is 0.715. The van der Waals surface area contributed by atoms with Gasteiger partial charge in [-0.2, -0.15) is 5.26 Å². The van der Waals surface area contributed by atoms with Gasteiger partial charge in [0.1, 0.15) is 6.54 Å². The summed E-state index contributed by atoms with van der Waals surface area (Å²) >= 11 is 0. The fraction of sp³-hybridized carbons (Fsp3) is 0.429. The van der Waals surface area contributed by atoms with Gasteiger partial charge in [0.05, 0.1) is 25.0 Å². The Hall–Kier alpha value is -1.90. The fourth-order valence-corrected chi connectivity index (χ4v) is 2.71. The predicted octanol–water partition coefficient (Wildman–Crippen LogP) is 1.45. The highest BCUT2D eigenvalue weighted by Crippen LogP contribution is 2.46. The van der Waals surface area contributed by atoms with Crippen LogP contribution in [0.25, 0.3) is 0 Å². The lowest BCUT2D eigenvalue weighted by Gasteiger charge is -2.32. The second-order valence-electron chi connectivity index (χ2n) is 4.69. The maximum Gasteiger partial charge on any atom is 0.293 e. The molecular formula is C14H14N2O3. The number of carbonyl (C=O) groups excluding carboxylic acids is 1. The number of carbonyl (C=O) groups is 1. The number of benzene rings is 1.